The zero-order valence-corrected chi connectivity index (χ0v) is 18.8. The predicted octanol–water partition coefficient (Wildman–Crippen LogP) is 5.05. The first kappa shape index (κ1) is 20.8. The summed E-state index contributed by atoms with van der Waals surface area (Å²) in [5.74, 6) is 1.83. The normalized spacial score (nSPS) is 16.8. The highest BCUT2D eigenvalue weighted by Crippen LogP contribution is 2.47. The van der Waals surface area contributed by atoms with E-state index in [0.717, 1.165) is 33.8 Å². The molecule has 0 radical (unpaired) electrons. The van der Waals surface area contributed by atoms with Gasteiger partial charge in [0, 0.05) is 29.3 Å². The Labute approximate surface area is 192 Å². The molecule has 1 unspecified atom stereocenters. The minimum absolute atomic E-state index is 0.449. The number of pyridine rings is 1. The van der Waals surface area contributed by atoms with E-state index in [1.54, 1.807) is 27.5 Å². The molecule has 166 valence electrons. The lowest BCUT2D eigenvalue weighted by Crippen LogP contribution is -2.30. The lowest BCUT2D eigenvalue weighted by molar-refractivity contribution is 0.323. The zero-order chi connectivity index (χ0) is 22.8. The Bertz CT molecular complexity index is 1270. The van der Waals surface area contributed by atoms with Crippen LogP contribution in [0.4, 0.5) is 0 Å². The molecule has 0 amide bonds. The molecule has 1 atom stereocenters. The summed E-state index contributed by atoms with van der Waals surface area (Å²) in [5.41, 5.74) is 5.57. The molecule has 2 aromatic carbocycles. The zero-order valence-electron chi connectivity index (χ0n) is 18.8. The lowest BCUT2D eigenvalue weighted by Gasteiger charge is -2.35. The van der Waals surface area contributed by atoms with Crippen LogP contribution in [0, 0.1) is 0 Å². The van der Waals surface area contributed by atoms with Gasteiger partial charge in [0.2, 0.25) is 5.75 Å². The maximum Gasteiger partial charge on any atom is 0.203 e. The molecule has 0 aliphatic heterocycles. The van der Waals surface area contributed by atoms with Gasteiger partial charge in [-0.3, -0.25) is 10.1 Å². The summed E-state index contributed by atoms with van der Waals surface area (Å²) in [5, 5.41) is 7.88. The number of methoxy groups -OCH3 is 3. The number of rotatable bonds is 6. The van der Waals surface area contributed by atoms with Gasteiger partial charge in [-0.15, -0.1) is 0 Å². The minimum atomic E-state index is -0.449. The molecule has 0 saturated carbocycles. The Morgan fingerprint density at radius 3 is 2.21 bits per heavy atom. The lowest BCUT2D eigenvalue weighted by atomic mass is 9.68. The van der Waals surface area contributed by atoms with Crippen molar-refractivity contribution in [3.63, 3.8) is 0 Å². The third-order valence-electron chi connectivity index (χ3n) is 6.25. The van der Waals surface area contributed by atoms with Crippen LogP contribution in [0.25, 0.3) is 17.5 Å². The van der Waals surface area contributed by atoms with Crippen molar-refractivity contribution in [2.24, 2.45) is 0 Å². The fraction of sp³-hybridized carbons (Fsp3) is 0.185. The molecule has 0 saturated heterocycles. The first-order valence-corrected chi connectivity index (χ1v) is 10.7. The number of hydrogen-bond acceptors (Lipinski definition) is 5. The molecule has 0 bridgehead atoms. The number of fused-ring (bicyclic) bond motifs is 1. The van der Waals surface area contributed by atoms with E-state index >= 15 is 0 Å². The number of nitrogens with zero attached hydrogens (tertiary/aromatic N) is 2. The van der Waals surface area contributed by atoms with Gasteiger partial charge in [0.05, 0.1) is 27.0 Å². The van der Waals surface area contributed by atoms with Gasteiger partial charge in [0.1, 0.15) is 5.69 Å². The summed E-state index contributed by atoms with van der Waals surface area (Å²) in [6, 6.07) is 20.4. The number of nitrogens with one attached hydrogen (secondary N) is 1. The Kier molecular flexibility index (Phi) is 5.34. The first-order chi connectivity index (χ1) is 16.2. The molecule has 1 aliphatic rings. The molecular weight excluding hydrogens is 414 g/mol. The van der Waals surface area contributed by atoms with Crippen LogP contribution in [0.3, 0.4) is 0 Å². The second-order valence-electron chi connectivity index (χ2n) is 7.94. The summed E-state index contributed by atoms with van der Waals surface area (Å²) >= 11 is 0. The van der Waals surface area contributed by atoms with Gasteiger partial charge in [-0.05, 0) is 35.4 Å². The molecule has 4 aromatic rings. The summed E-state index contributed by atoms with van der Waals surface area (Å²) in [6.45, 7) is 0. The highest BCUT2D eigenvalue weighted by Gasteiger charge is 2.38. The Morgan fingerprint density at radius 1 is 0.848 bits per heavy atom. The van der Waals surface area contributed by atoms with Gasteiger partial charge in [0.25, 0.3) is 0 Å². The summed E-state index contributed by atoms with van der Waals surface area (Å²) in [4.78, 5) is 4.48. The highest BCUT2D eigenvalue weighted by atomic mass is 16.5. The minimum Gasteiger partial charge on any atom is -0.493 e. The number of benzene rings is 2. The van der Waals surface area contributed by atoms with Crippen molar-refractivity contribution in [1.82, 2.24) is 15.2 Å². The second kappa shape index (κ2) is 8.47. The van der Waals surface area contributed by atoms with Crippen LogP contribution in [0.5, 0.6) is 17.2 Å². The van der Waals surface area contributed by atoms with Crippen LogP contribution in [0.15, 0.2) is 72.9 Å². The van der Waals surface area contributed by atoms with Crippen LogP contribution in [-0.4, -0.2) is 36.5 Å². The summed E-state index contributed by atoms with van der Waals surface area (Å²) < 4.78 is 16.9. The van der Waals surface area contributed by atoms with Gasteiger partial charge >= 0.3 is 0 Å². The fourth-order valence-electron chi connectivity index (χ4n) is 4.60. The summed E-state index contributed by atoms with van der Waals surface area (Å²) in [6.07, 6.45) is 6.87. The average Bonchev–Trinajstić information content (AvgIpc) is 3.31. The highest BCUT2D eigenvalue weighted by molar-refractivity contribution is 5.75. The smallest absolute Gasteiger partial charge is 0.203 e. The van der Waals surface area contributed by atoms with E-state index in [4.69, 9.17) is 14.2 Å². The molecule has 6 heteroatoms. The van der Waals surface area contributed by atoms with Crippen molar-refractivity contribution in [1.29, 1.82) is 0 Å². The van der Waals surface area contributed by atoms with Crippen LogP contribution >= 0.6 is 0 Å². The van der Waals surface area contributed by atoms with Crippen LogP contribution < -0.4 is 14.2 Å². The first-order valence-electron chi connectivity index (χ1n) is 10.7. The second-order valence-corrected chi connectivity index (χ2v) is 7.94. The molecule has 2 aromatic heterocycles. The standard InChI is InChI=1S/C27H25N3O3/c1-31-23-15-19(16-24(32-2)26(23)33-3)27(18-9-5-4-6-10-18)13-12-20-22(17-27)29-30-25(20)21-11-7-8-14-28-21/h4-16H,17H2,1-3H3,(H,29,30). The number of aromatic amines is 1. The Balaban J connectivity index is 1.70. The molecule has 1 N–H and O–H groups in total. The van der Waals surface area contributed by atoms with E-state index in [-0.39, 0.29) is 0 Å². The van der Waals surface area contributed by atoms with Crippen molar-refractivity contribution in [3.8, 4) is 28.6 Å². The van der Waals surface area contributed by atoms with Gasteiger partial charge in [-0.25, -0.2) is 0 Å². The predicted molar refractivity (Wildman–Crippen MR) is 128 cm³/mol. The Hall–Kier alpha value is -4.06. The molecule has 6 nitrogen and oxygen atoms in total. The van der Waals surface area contributed by atoms with E-state index < -0.39 is 5.41 Å². The molecule has 5 rings (SSSR count). The number of hydrogen-bond donors (Lipinski definition) is 1. The fourth-order valence-corrected chi connectivity index (χ4v) is 4.60. The SMILES string of the molecule is COc1cc(C2(c3ccccc3)C=Cc3c(-c4ccccn4)n[nH]c3C2)cc(OC)c1OC. The summed E-state index contributed by atoms with van der Waals surface area (Å²) in [7, 11) is 4.89. The van der Waals surface area contributed by atoms with Crippen LogP contribution in [-0.2, 0) is 11.8 Å². The van der Waals surface area contributed by atoms with E-state index in [0.29, 0.717) is 23.7 Å². The van der Waals surface area contributed by atoms with E-state index in [9.17, 15) is 0 Å². The van der Waals surface area contributed by atoms with E-state index in [1.165, 1.54) is 0 Å². The van der Waals surface area contributed by atoms with Crippen LogP contribution in [0.2, 0.25) is 0 Å². The van der Waals surface area contributed by atoms with Crippen molar-refractivity contribution in [2.45, 2.75) is 11.8 Å². The van der Waals surface area contributed by atoms with Crippen molar-refractivity contribution >= 4 is 6.08 Å². The third kappa shape index (κ3) is 3.44. The number of allylic oxidation sites excluding steroid dienone is 1. The molecule has 1 aliphatic carbocycles. The van der Waals surface area contributed by atoms with E-state index in [1.807, 2.05) is 36.4 Å². The van der Waals surface area contributed by atoms with Gasteiger partial charge in [0.15, 0.2) is 11.5 Å². The quantitative estimate of drug-likeness (QED) is 0.455. The Morgan fingerprint density at radius 2 is 1.58 bits per heavy atom. The van der Waals surface area contributed by atoms with Gasteiger partial charge in [-0.1, -0.05) is 48.6 Å². The molecular formula is C27H25N3O3. The third-order valence-corrected chi connectivity index (χ3v) is 6.25. The van der Waals surface area contributed by atoms with Gasteiger partial charge < -0.3 is 14.2 Å². The number of ether oxygens (including phenoxy) is 3. The molecule has 33 heavy (non-hydrogen) atoms. The van der Waals surface area contributed by atoms with E-state index in [2.05, 4.69) is 51.6 Å². The largest absolute Gasteiger partial charge is 0.493 e. The maximum absolute atomic E-state index is 5.66. The monoisotopic (exact) mass is 439 g/mol. The van der Waals surface area contributed by atoms with Crippen molar-refractivity contribution in [3.05, 3.63) is 95.3 Å². The van der Waals surface area contributed by atoms with Crippen molar-refractivity contribution < 1.29 is 14.2 Å². The van der Waals surface area contributed by atoms with Gasteiger partial charge in [-0.2, -0.15) is 5.10 Å². The van der Waals surface area contributed by atoms with Crippen LogP contribution in [0.1, 0.15) is 22.4 Å². The maximum atomic E-state index is 5.66. The average molecular weight is 440 g/mol. The van der Waals surface area contributed by atoms with Crippen molar-refractivity contribution in [2.75, 3.05) is 21.3 Å². The molecule has 0 fully saturated rings. The molecule has 0 spiro atoms. The molecule has 2 heterocycles. The number of H-pyrrole nitrogens is 1. The topological polar surface area (TPSA) is 69.3 Å². The number of aromatic nitrogens is 3.